The van der Waals surface area contributed by atoms with Crippen LogP contribution in [0.15, 0.2) is 41.1 Å². The Morgan fingerprint density at radius 3 is 2.78 bits per heavy atom. The monoisotopic (exact) mass is 378 g/mol. The predicted molar refractivity (Wildman–Crippen MR) is 98.6 cm³/mol. The van der Waals surface area contributed by atoms with Gasteiger partial charge in [-0.3, -0.25) is 0 Å². The van der Waals surface area contributed by atoms with E-state index in [1.807, 2.05) is 37.3 Å². The van der Waals surface area contributed by atoms with Crippen LogP contribution in [-0.2, 0) is 6.42 Å². The second-order valence-corrected chi connectivity index (χ2v) is 6.93. The molecule has 134 valence electrons. The van der Waals surface area contributed by atoms with E-state index in [-0.39, 0.29) is 0 Å². The van der Waals surface area contributed by atoms with Crippen LogP contribution in [0.5, 0.6) is 0 Å². The van der Waals surface area contributed by atoms with Crippen LogP contribution >= 0.6 is 11.3 Å². The molecule has 9 nitrogen and oxygen atoms in total. The second kappa shape index (κ2) is 6.09. The third-order valence-electron chi connectivity index (χ3n) is 4.14. The Morgan fingerprint density at radius 1 is 1.11 bits per heavy atom. The third-order valence-corrected chi connectivity index (χ3v) is 5.19. The summed E-state index contributed by atoms with van der Waals surface area (Å²) in [6.45, 7) is 3.89. The van der Waals surface area contributed by atoms with Gasteiger partial charge in [0.15, 0.2) is 5.82 Å². The molecular weight excluding hydrogens is 364 g/mol. The van der Waals surface area contributed by atoms with E-state index in [9.17, 15) is 0 Å². The summed E-state index contributed by atoms with van der Waals surface area (Å²) >= 11 is 1.52. The van der Waals surface area contributed by atoms with Crippen molar-refractivity contribution in [1.29, 1.82) is 0 Å². The summed E-state index contributed by atoms with van der Waals surface area (Å²) in [4.78, 5) is 2.29. The van der Waals surface area contributed by atoms with E-state index in [1.54, 1.807) is 15.5 Å². The third kappa shape index (κ3) is 2.53. The molecule has 0 N–H and O–H groups in total. The zero-order chi connectivity index (χ0) is 18.4. The highest BCUT2D eigenvalue weighted by Crippen LogP contribution is 2.33. The SMILES string of the molecule is CCc1nn2c(-c3c(-c4cnn(-c5ccccc5)n4)noc3C)nnc2s1. The van der Waals surface area contributed by atoms with Crippen molar-refractivity contribution in [2.45, 2.75) is 20.3 Å². The smallest absolute Gasteiger partial charge is 0.234 e. The van der Waals surface area contributed by atoms with Crippen molar-refractivity contribution in [3.8, 4) is 28.5 Å². The van der Waals surface area contributed by atoms with Gasteiger partial charge in [0.25, 0.3) is 0 Å². The number of rotatable bonds is 4. The number of fused-ring (bicyclic) bond motifs is 1. The first kappa shape index (κ1) is 15.8. The molecule has 0 radical (unpaired) electrons. The molecule has 0 bridgehead atoms. The van der Waals surface area contributed by atoms with Crippen LogP contribution in [-0.4, -0.2) is 40.0 Å². The molecule has 0 atom stereocenters. The van der Waals surface area contributed by atoms with E-state index in [0.717, 1.165) is 27.6 Å². The number of nitrogens with zero attached hydrogens (tertiary/aromatic N) is 8. The molecule has 0 saturated carbocycles. The molecule has 0 aliphatic carbocycles. The minimum atomic E-state index is 0.565. The Kier molecular flexibility index (Phi) is 3.57. The number of hydrogen-bond acceptors (Lipinski definition) is 8. The Morgan fingerprint density at radius 2 is 1.96 bits per heavy atom. The summed E-state index contributed by atoms with van der Waals surface area (Å²) in [6.07, 6.45) is 2.50. The van der Waals surface area contributed by atoms with Gasteiger partial charge in [-0.15, -0.1) is 15.3 Å². The van der Waals surface area contributed by atoms with E-state index < -0.39 is 0 Å². The maximum Gasteiger partial charge on any atom is 0.234 e. The molecule has 4 aromatic heterocycles. The molecular formula is C17H14N8OS. The summed E-state index contributed by atoms with van der Waals surface area (Å²) in [5.41, 5.74) is 2.74. The fraction of sp³-hybridized carbons (Fsp3) is 0.176. The van der Waals surface area contributed by atoms with Gasteiger partial charge in [-0.25, -0.2) is 0 Å². The van der Waals surface area contributed by atoms with Gasteiger partial charge in [0.2, 0.25) is 4.96 Å². The highest BCUT2D eigenvalue weighted by Gasteiger charge is 2.25. The second-order valence-electron chi connectivity index (χ2n) is 5.88. The number of aryl methyl sites for hydroxylation is 2. The lowest BCUT2D eigenvalue weighted by atomic mass is 10.1. The molecule has 0 amide bonds. The van der Waals surface area contributed by atoms with Crippen molar-refractivity contribution >= 4 is 16.3 Å². The Hall–Kier alpha value is -3.40. The Balaban J connectivity index is 1.63. The summed E-state index contributed by atoms with van der Waals surface area (Å²) in [5.74, 6) is 1.21. The number of hydrogen-bond donors (Lipinski definition) is 0. The number of aromatic nitrogens is 8. The van der Waals surface area contributed by atoms with Crippen LogP contribution in [0.4, 0.5) is 0 Å². The van der Waals surface area contributed by atoms with Crippen molar-refractivity contribution in [2.75, 3.05) is 0 Å². The average Bonchev–Trinajstić information content (AvgIpc) is 3.45. The van der Waals surface area contributed by atoms with E-state index >= 15 is 0 Å². The van der Waals surface area contributed by atoms with Gasteiger partial charge in [0.1, 0.15) is 22.2 Å². The fourth-order valence-corrected chi connectivity index (χ4v) is 3.60. The van der Waals surface area contributed by atoms with Crippen LogP contribution in [0, 0.1) is 6.92 Å². The lowest BCUT2D eigenvalue weighted by Gasteiger charge is -1.98. The highest BCUT2D eigenvalue weighted by atomic mass is 32.1. The molecule has 0 spiro atoms. The van der Waals surface area contributed by atoms with Gasteiger partial charge in [-0.1, -0.05) is 41.6 Å². The van der Waals surface area contributed by atoms with Crippen LogP contribution in [0.3, 0.4) is 0 Å². The molecule has 5 aromatic rings. The van der Waals surface area contributed by atoms with E-state index in [2.05, 4.69) is 37.6 Å². The van der Waals surface area contributed by atoms with Gasteiger partial charge in [0, 0.05) is 0 Å². The van der Waals surface area contributed by atoms with Crippen LogP contribution in [0.1, 0.15) is 17.7 Å². The highest BCUT2D eigenvalue weighted by molar-refractivity contribution is 7.16. The van der Waals surface area contributed by atoms with Gasteiger partial charge in [-0.05, 0) is 25.5 Å². The number of benzene rings is 1. The lowest BCUT2D eigenvalue weighted by molar-refractivity contribution is 0.400. The van der Waals surface area contributed by atoms with E-state index in [1.165, 1.54) is 11.3 Å². The zero-order valence-electron chi connectivity index (χ0n) is 14.6. The molecule has 4 heterocycles. The van der Waals surface area contributed by atoms with Gasteiger partial charge in [0.05, 0.1) is 17.4 Å². The van der Waals surface area contributed by atoms with Crippen molar-refractivity contribution in [3.63, 3.8) is 0 Å². The first-order chi connectivity index (χ1) is 13.2. The first-order valence-corrected chi connectivity index (χ1v) is 9.22. The molecule has 0 unspecified atom stereocenters. The lowest BCUT2D eigenvalue weighted by Crippen LogP contribution is -1.98. The van der Waals surface area contributed by atoms with Crippen LogP contribution < -0.4 is 0 Å². The van der Waals surface area contributed by atoms with Crippen molar-refractivity contribution in [2.24, 2.45) is 0 Å². The first-order valence-electron chi connectivity index (χ1n) is 8.40. The maximum atomic E-state index is 5.44. The number of para-hydroxylation sites is 1. The molecule has 0 aliphatic heterocycles. The predicted octanol–water partition coefficient (Wildman–Crippen LogP) is 2.96. The minimum Gasteiger partial charge on any atom is -0.360 e. The molecule has 0 aliphatic rings. The maximum absolute atomic E-state index is 5.44. The van der Waals surface area contributed by atoms with E-state index in [4.69, 9.17) is 4.52 Å². The average molecular weight is 378 g/mol. The normalized spacial score (nSPS) is 11.5. The molecule has 5 rings (SSSR count). The Labute approximate surface area is 157 Å². The standard InChI is InChI=1S/C17H14N8OS/c1-3-13-22-24-16(19-20-17(24)27-13)14-10(2)26-23-15(14)12-9-18-25(21-12)11-7-5-4-6-8-11/h4-9H,3H2,1-2H3. The van der Waals surface area contributed by atoms with Crippen molar-refractivity contribution in [1.82, 2.24) is 40.0 Å². The summed E-state index contributed by atoms with van der Waals surface area (Å²) in [5, 5.41) is 27.2. The molecule has 0 fully saturated rings. The minimum absolute atomic E-state index is 0.565. The van der Waals surface area contributed by atoms with Gasteiger partial charge >= 0.3 is 0 Å². The molecule has 10 heteroatoms. The molecule has 27 heavy (non-hydrogen) atoms. The van der Waals surface area contributed by atoms with Crippen molar-refractivity contribution in [3.05, 3.63) is 47.3 Å². The molecule has 0 saturated heterocycles. The van der Waals surface area contributed by atoms with E-state index in [0.29, 0.717) is 23.0 Å². The van der Waals surface area contributed by atoms with Crippen molar-refractivity contribution < 1.29 is 4.52 Å². The largest absolute Gasteiger partial charge is 0.360 e. The van der Waals surface area contributed by atoms with Gasteiger partial charge in [-0.2, -0.15) is 19.5 Å². The van der Waals surface area contributed by atoms with Crippen LogP contribution in [0.25, 0.3) is 33.4 Å². The summed E-state index contributed by atoms with van der Waals surface area (Å²) in [6, 6.07) is 9.68. The topological polar surface area (TPSA) is 99.8 Å². The summed E-state index contributed by atoms with van der Waals surface area (Å²) < 4.78 is 7.17. The fourth-order valence-electron chi connectivity index (χ4n) is 2.82. The molecule has 1 aromatic carbocycles. The zero-order valence-corrected chi connectivity index (χ0v) is 15.4. The van der Waals surface area contributed by atoms with Crippen LogP contribution in [0.2, 0.25) is 0 Å². The Bertz CT molecular complexity index is 1230. The van der Waals surface area contributed by atoms with Gasteiger partial charge < -0.3 is 4.52 Å². The summed E-state index contributed by atoms with van der Waals surface area (Å²) in [7, 11) is 0. The quantitative estimate of drug-likeness (QED) is 0.474.